The first kappa shape index (κ1) is 30.7. The van der Waals surface area contributed by atoms with Crippen LogP contribution >= 0.6 is 0 Å². The summed E-state index contributed by atoms with van der Waals surface area (Å²) in [6.45, 7) is 8.02. The van der Waals surface area contributed by atoms with E-state index >= 15 is 0 Å². The van der Waals surface area contributed by atoms with Gasteiger partial charge in [0.2, 0.25) is 17.2 Å². The van der Waals surface area contributed by atoms with Gasteiger partial charge in [0.25, 0.3) is 0 Å². The van der Waals surface area contributed by atoms with Crippen LogP contribution in [0, 0.1) is 11.8 Å². The summed E-state index contributed by atoms with van der Waals surface area (Å²) in [6.07, 6.45) is 8.50. The van der Waals surface area contributed by atoms with E-state index in [9.17, 15) is 15.0 Å². The third kappa shape index (κ3) is 6.62. The molecule has 3 N–H and O–H groups in total. The maximum atomic E-state index is 11.5. The number of carbonyl (C=O) groups excluding carboxylic acids is 1. The Morgan fingerprint density at radius 2 is 1.25 bits per heavy atom. The maximum absolute atomic E-state index is 11.5. The highest BCUT2D eigenvalue weighted by Crippen LogP contribution is 2.30. The van der Waals surface area contributed by atoms with E-state index in [-0.39, 0.29) is 17.4 Å². The summed E-state index contributed by atoms with van der Waals surface area (Å²) in [5, 5.41) is 38.3. The molecule has 0 saturated carbocycles. The first-order chi connectivity index (χ1) is 23.4. The van der Waals surface area contributed by atoms with Gasteiger partial charge in [-0.1, -0.05) is 30.8 Å². The first-order valence-electron chi connectivity index (χ1n) is 15.6. The van der Waals surface area contributed by atoms with Crippen LogP contribution in [0.1, 0.15) is 0 Å². The summed E-state index contributed by atoms with van der Waals surface area (Å²) >= 11 is 0. The Bertz CT molecular complexity index is 2050. The molecule has 0 aliphatic carbocycles. The first-order valence-corrected chi connectivity index (χ1v) is 15.6. The van der Waals surface area contributed by atoms with E-state index in [4.69, 9.17) is 9.47 Å². The van der Waals surface area contributed by atoms with Gasteiger partial charge in [0.1, 0.15) is 24.2 Å². The van der Waals surface area contributed by atoms with Gasteiger partial charge in [-0.15, -0.1) is 20.4 Å². The molecule has 4 aromatic heterocycles. The zero-order valence-electron chi connectivity index (χ0n) is 26.0. The lowest BCUT2D eigenvalue weighted by Gasteiger charge is -2.38. The van der Waals surface area contributed by atoms with Crippen molar-refractivity contribution < 1.29 is 24.5 Å². The standard InChI is InChI=1S/C19H18N4O3.C16H16N4O2/c1-2-18(25)22-8-13(9-22)11-26-17-7-15(10-23-12-20-21-19(17)23)14-3-5-16(24)6-4-14;21-14-3-1-12(2-4-14)13-5-15(22-9-11-6-17-7-11)16-19-18-10-20(16)8-13/h2-7,10,12-13,24H,1,8-9,11H2;1-5,8,10-11,17,21H,6-7,9H2. The minimum atomic E-state index is -0.0459. The number of phenols is 2. The van der Waals surface area contributed by atoms with Gasteiger partial charge in [-0.3, -0.25) is 13.6 Å². The van der Waals surface area contributed by atoms with Crippen LogP contribution in [0.5, 0.6) is 23.0 Å². The van der Waals surface area contributed by atoms with E-state index in [1.54, 1.807) is 41.8 Å². The minimum Gasteiger partial charge on any atom is -0.508 e. The number of phenolic OH excluding ortho intramolecular Hbond substituents is 2. The highest BCUT2D eigenvalue weighted by molar-refractivity contribution is 5.87. The fourth-order valence-corrected chi connectivity index (χ4v) is 5.51. The molecular weight excluding hydrogens is 612 g/mol. The van der Waals surface area contributed by atoms with Gasteiger partial charge >= 0.3 is 0 Å². The number of benzene rings is 2. The van der Waals surface area contributed by atoms with Crippen LogP contribution in [0.4, 0.5) is 0 Å². The number of likely N-dealkylation sites (tertiary alicyclic amines) is 1. The van der Waals surface area contributed by atoms with E-state index in [1.165, 1.54) is 6.08 Å². The summed E-state index contributed by atoms with van der Waals surface area (Å²) in [7, 11) is 0. The quantitative estimate of drug-likeness (QED) is 0.198. The monoisotopic (exact) mass is 646 g/mol. The molecule has 0 bridgehead atoms. The van der Waals surface area contributed by atoms with Gasteiger partial charge in [0, 0.05) is 61.5 Å². The van der Waals surface area contributed by atoms with Crippen LogP contribution in [-0.2, 0) is 4.79 Å². The van der Waals surface area contributed by atoms with Crippen molar-refractivity contribution in [3.8, 4) is 45.3 Å². The molecule has 1 amide bonds. The fraction of sp³-hybridized carbons (Fsp3) is 0.229. The lowest BCUT2D eigenvalue weighted by molar-refractivity contribution is -0.132. The molecular formula is C35H34N8O5. The average molecular weight is 647 g/mol. The van der Waals surface area contributed by atoms with E-state index in [1.807, 2.05) is 57.6 Å². The van der Waals surface area contributed by atoms with E-state index in [2.05, 4.69) is 32.3 Å². The molecule has 2 aliphatic heterocycles. The van der Waals surface area contributed by atoms with Crippen LogP contribution in [-0.4, -0.2) is 89.6 Å². The molecule has 2 aromatic carbocycles. The number of fused-ring (bicyclic) bond motifs is 2. The summed E-state index contributed by atoms with van der Waals surface area (Å²) in [4.78, 5) is 13.2. The zero-order chi connectivity index (χ0) is 33.0. The molecule has 2 fully saturated rings. The minimum absolute atomic E-state index is 0.0459. The van der Waals surface area contributed by atoms with Gasteiger partial charge in [-0.05, 0) is 53.6 Å². The van der Waals surface area contributed by atoms with Crippen LogP contribution in [0.2, 0.25) is 0 Å². The predicted molar refractivity (Wildman–Crippen MR) is 178 cm³/mol. The second-order valence-corrected chi connectivity index (χ2v) is 11.9. The Labute approximate surface area is 275 Å². The average Bonchev–Trinajstić information content (AvgIpc) is 3.74. The van der Waals surface area contributed by atoms with Crippen molar-refractivity contribution in [3.63, 3.8) is 0 Å². The Morgan fingerprint density at radius 1 is 0.771 bits per heavy atom. The van der Waals surface area contributed by atoms with Gasteiger partial charge in [0.15, 0.2) is 11.5 Å². The van der Waals surface area contributed by atoms with E-state index in [0.29, 0.717) is 49.5 Å². The number of hydrogen-bond acceptors (Lipinski definition) is 10. The third-order valence-electron chi connectivity index (χ3n) is 8.38. The van der Waals surface area contributed by atoms with Crippen LogP contribution in [0.25, 0.3) is 33.5 Å². The largest absolute Gasteiger partial charge is 0.508 e. The van der Waals surface area contributed by atoms with E-state index in [0.717, 1.165) is 46.7 Å². The number of carbonyl (C=O) groups is 1. The second kappa shape index (κ2) is 13.4. The molecule has 0 unspecified atom stereocenters. The van der Waals surface area contributed by atoms with E-state index < -0.39 is 0 Å². The van der Waals surface area contributed by atoms with Crippen molar-refractivity contribution in [2.24, 2.45) is 11.8 Å². The molecule has 0 atom stereocenters. The lowest BCUT2D eigenvalue weighted by atomic mass is 10.0. The molecule has 0 spiro atoms. The molecule has 2 saturated heterocycles. The predicted octanol–water partition coefficient (Wildman–Crippen LogP) is 3.83. The Hall–Kier alpha value is -5.95. The van der Waals surface area contributed by atoms with Crippen LogP contribution in [0.3, 0.4) is 0 Å². The molecule has 6 heterocycles. The van der Waals surface area contributed by atoms with Gasteiger partial charge in [-0.2, -0.15) is 0 Å². The van der Waals surface area contributed by atoms with Crippen molar-refractivity contribution in [3.05, 3.63) is 98.4 Å². The second-order valence-electron chi connectivity index (χ2n) is 11.9. The van der Waals surface area contributed by atoms with Crippen LogP contribution < -0.4 is 14.8 Å². The number of aromatic nitrogens is 6. The summed E-state index contributed by atoms with van der Waals surface area (Å²) in [5.74, 6) is 2.65. The number of nitrogens with one attached hydrogen (secondary N) is 1. The van der Waals surface area contributed by atoms with Crippen molar-refractivity contribution in [1.29, 1.82) is 0 Å². The number of rotatable bonds is 9. The van der Waals surface area contributed by atoms with Gasteiger partial charge in [0.05, 0.1) is 13.2 Å². The fourth-order valence-electron chi connectivity index (χ4n) is 5.51. The highest BCUT2D eigenvalue weighted by atomic mass is 16.5. The molecule has 244 valence electrons. The molecule has 13 heteroatoms. The lowest BCUT2D eigenvalue weighted by Crippen LogP contribution is -2.51. The van der Waals surface area contributed by atoms with Crippen molar-refractivity contribution in [1.82, 2.24) is 39.4 Å². The molecule has 6 aromatic rings. The Kier molecular flexibility index (Phi) is 8.58. The summed E-state index contributed by atoms with van der Waals surface area (Å²) in [6, 6.07) is 18.0. The molecule has 48 heavy (non-hydrogen) atoms. The van der Waals surface area contributed by atoms with Gasteiger partial charge < -0.3 is 29.9 Å². The number of aromatic hydroxyl groups is 2. The molecule has 0 radical (unpaired) electrons. The summed E-state index contributed by atoms with van der Waals surface area (Å²) < 4.78 is 15.6. The molecule has 2 aliphatic rings. The van der Waals surface area contributed by atoms with Crippen molar-refractivity contribution in [2.45, 2.75) is 0 Å². The summed E-state index contributed by atoms with van der Waals surface area (Å²) in [5.41, 5.74) is 5.25. The number of nitrogens with zero attached hydrogens (tertiary/aromatic N) is 7. The normalized spacial score (nSPS) is 14.5. The highest BCUT2D eigenvalue weighted by Gasteiger charge is 2.30. The van der Waals surface area contributed by atoms with Crippen molar-refractivity contribution in [2.75, 3.05) is 39.4 Å². The molecule has 13 nitrogen and oxygen atoms in total. The number of pyridine rings is 2. The number of amides is 1. The topological polar surface area (TPSA) is 152 Å². The Balaban J connectivity index is 0.000000154. The van der Waals surface area contributed by atoms with Crippen molar-refractivity contribution >= 4 is 17.2 Å². The van der Waals surface area contributed by atoms with Crippen LogP contribution in [0.15, 0.2) is 98.4 Å². The number of ether oxygens (including phenoxy) is 2. The smallest absolute Gasteiger partial charge is 0.245 e. The zero-order valence-corrected chi connectivity index (χ0v) is 26.0. The Morgan fingerprint density at radius 3 is 1.69 bits per heavy atom. The van der Waals surface area contributed by atoms with Gasteiger partial charge in [-0.25, -0.2) is 0 Å². The maximum Gasteiger partial charge on any atom is 0.245 e. The number of hydrogen-bond donors (Lipinski definition) is 3. The SMILES string of the molecule is C=CC(=O)N1CC(COc2cc(-c3ccc(O)cc3)cn3cnnc23)C1.Oc1ccc(-c2cc(OCC3CNC3)c3nncn3c2)cc1. The third-order valence-corrected chi connectivity index (χ3v) is 8.38. The molecule has 8 rings (SSSR count).